The molecule has 1 unspecified atom stereocenters. The lowest BCUT2D eigenvalue weighted by Crippen LogP contribution is -1.99. The van der Waals surface area contributed by atoms with Gasteiger partial charge in [-0.15, -0.1) is 0 Å². The smallest absolute Gasteiger partial charge is 0.192 e. The van der Waals surface area contributed by atoms with Crippen LogP contribution in [0.4, 0.5) is 0 Å². The molecule has 0 aromatic heterocycles. The molecule has 12 heavy (non-hydrogen) atoms. The van der Waals surface area contributed by atoms with Crippen LogP contribution in [0, 0.1) is 0 Å². The summed E-state index contributed by atoms with van der Waals surface area (Å²) in [5.41, 5.74) is 0. The average molecular weight is 186 g/mol. The highest BCUT2D eigenvalue weighted by molar-refractivity contribution is 7.38. The molecule has 0 fully saturated rings. The van der Waals surface area contributed by atoms with Crippen molar-refractivity contribution < 1.29 is 14.2 Å². The van der Waals surface area contributed by atoms with E-state index in [4.69, 9.17) is 9.63 Å². The summed E-state index contributed by atoms with van der Waals surface area (Å²) < 4.78 is 15.5. The maximum absolute atomic E-state index is 10.3. The molecule has 0 radical (unpaired) electrons. The minimum Gasteiger partial charge on any atom is -0.493 e. The molecule has 0 bridgehead atoms. The van der Waals surface area contributed by atoms with Crippen molar-refractivity contribution in [2.45, 2.75) is 0 Å². The Morgan fingerprint density at radius 3 is 2.58 bits per heavy atom. The zero-order chi connectivity index (χ0) is 8.81. The molecule has 1 aromatic carbocycles. The Balaban J connectivity index is 2.29. The van der Waals surface area contributed by atoms with Crippen molar-refractivity contribution in [1.29, 1.82) is 0 Å². The third-order valence-corrected chi connectivity index (χ3v) is 1.96. The van der Waals surface area contributed by atoms with E-state index in [1.807, 2.05) is 30.3 Å². The predicted octanol–water partition coefficient (Wildman–Crippen LogP) is 1.53. The molecule has 4 heteroatoms. The van der Waals surface area contributed by atoms with E-state index < -0.39 is 8.03 Å². The molecule has 0 saturated heterocycles. The first-order valence-corrected chi connectivity index (χ1v) is 5.25. The molecule has 0 amide bonds. The molecular weight excluding hydrogens is 175 g/mol. The van der Waals surface area contributed by atoms with Crippen molar-refractivity contribution in [3.8, 4) is 5.75 Å². The molecule has 0 spiro atoms. The minimum atomic E-state index is -2.38. The second-order valence-electron chi connectivity index (χ2n) is 2.31. The number of rotatable bonds is 4. The molecule has 1 N–H and O–H groups in total. The summed E-state index contributed by atoms with van der Waals surface area (Å²) in [6.07, 6.45) is 0.222. The molecule has 0 heterocycles. The third-order valence-electron chi connectivity index (χ3n) is 1.33. The van der Waals surface area contributed by atoms with Crippen LogP contribution in [-0.4, -0.2) is 17.7 Å². The van der Waals surface area contributed by atoms with Gasteiger partial charge in [-0.25, -0.2) is 0 Å². The van der Waals surface area contributed by atoms with Gasteiger partial charge >= 0.3 is 0 Å². The Bertz CT molecular complexity index is 248. The van der Waals surface area contributed by atoms with Crippen LogP contribution >= 0.6 is 8.03 Å². The lowest BCUT2D eigenvalue weighted by Gasteiger charge is -2.02. The quantitative estimate of drug-likeness (QED) is 0.725. The van der Waals surface area contributed by atoms with E-state index in [-0.39, 0.29) is 6.16 Å². The lowest BCUT2D eigenvalue weighted by atomic mass is 10.3. The maximum atomic E-state index is 10.3. The first-order valence-electron chi connectivity index (χ1n) is 3.68. The van der Waals surface area contributed by atoms with Crippen molar-refractivity contribution in [2.75, 3.05) is 12.8 Å². The van der Waals surface area contributed by atoms with Crippen molar-refractivity contribution in [3.63, 3.8) is 0 Å². The van der Waals surface area contributed by atoms with Gasteiger partial charge in [-0.1, -0.05) is 18.2 Å². The second kappa shape index (κ2) is 4.96. The number of benzene rings is 1. The first-order chi connectivity index (χ1) is 5.79. The topological polar surface area (TPSA) is 46.5 Å². The van der Waals surface area contributed by atoms with Gasteiger partial charge < -0.3 is 9.63 Å². The van der Waals surface area contributed by atoms with Gasteiger partial charge in [0.15, 0.2) is 8.03 Å². The van der Waals surface area contributed by atoms with Crippen molar-refractivity contribution >= 4 is 8.03 Å². The summed E-state index contributed by atoms with van der Waals surface area (Å²) in [5, 5.41) is 0. The van der Waals surface area contributed by atoms with Gasteiger partial charge in [0.2, 0.25) is 0 Å². The Labute approximate surface area is 71.9 Å². The van der Waals surface area contributed by atoms with E-state index >= 15 is 0 Å². The SMILES string of the molecule is O=[PH](O)CCOc1ccccc1. The van der Waals surface area contributed by atoms with Crippen LogP contribution in [0.15, 0.2) is 30.3 Å². The monoisotopic (exact) mass is 186 g/mol. The number of ether oxygens (including phenoxy) is 1. The van der Waals surface area contributed by atoms with E-state index in [9.17, 15) is 4.57 Å². The van der Waals surface area contributed by atoms with Gasteiger partial charge in [0.25, 0.3) is 0 Å². The van der Waals surface area contributed by atoms with Crippen LogP contribution in [-0.2, 0) is 4.57 Å². The molecule has 0 saturated carbocycles. The van der Waals surface area contributed by atoms with E-state index in [2.05, 4.69) is 0 Å². The summed E-state index contributed by atoms with van der Waals surface area (Å²) in [6.45, 7) is 0.304. The van der Waals surface area contributed by atoms with Crippen molar-refractivity contribution in [2.24, 2.45) is 0 Å². The fourth-order valence-electron chi connectivity index (χ4n) is 0.773. The van der Waals surface area contributed by atoms with Crippen LogP contribution < -0.4 is 4.74 Å². The van der Waals surface area contributed by atoms with Crippen LogP contribution in [0.1, 0.15) is 0 Å². The summed E-state index contributed by atoms with van der Waals surface area (Å²) in [5.74, 6) is 0.737. The van der Waals surface area contributed by atoms with Gasteiger partial charge in [-0.05, 0) is 12.1 Å². The van der Waals surface area contributed by atoms with Gasteiger partial charge in [0.1, 0.15) is 5.75 Å². The summed E-state index contributed by atoms with van der Waals surface area (Å²) >= 11 is 0. The summed E-state index contributed by atoms with van der Waals surface area (Å²) in [4.78, 5) is 8.50. The molecule has 1 aromatic rings. The lowest BCUT2D eigenvalue weighted by molar-refractivity contribution is 0.337. The molecule has 0 aliphatic heterocycles. The molecule has 66 valence electrons. The Morgan fingerprint density at radius 2 is 2.00 bits per heavy atom. The van der Waals surface area contributed by atoms with Gasteiger partial charge in [-0.2, -0.15) is 0 Å². The Kier molecular flexibility index (Phi) is 3.85. The van der Waals surface area contributed by atoms with Crippen molar-refractivity contribution in [3.05, 3.63) is 30.3 Å². The molecule has 1 rings (SSSR count). The van der Waals surface area contributed by atoms with Crippen LogP contribution in [0.5, 0.6) is 5.75 Å². The first kappa shape index (κ1) is 9.30. The van der Waals surface area contributed by atoms with Gasteiger partial charge in [0.05, 0.1) is 12.8 Å². The molecule has 1 atom stereocenters. The highest BCUT2D eigenvalue weighted by Gasteiger charge is 1.94. The van der Waals surface area contributed by atoms with Crippen LogP contribution in [0.25, 0.3) is 0 Å². The van der Waals surface area contributed by atoms with Gasteiger partial charge in [0, 0.05) is 0 Å². The van der Waals surface area contributed by atoms with E-state index in [1.165, 1.54) is 0 Å². The second-order valence-corrected chi connectivity index (χ2v) is 3.59. The normalized spacial score (nSPS) is 12.4. The highest BCUT2D eigenvalue weighted by Crippen LogP contribution is 2.13. The standard InChI is InChI=1S/C8H11O3P/c9-12(10)7-6-11-8-4-2-1-3-5-8/h1-5,12H,6-7H2,(H,9,10). The summed E-state index contributed by atoms with van der Waals surface area (Å²) in [6, 6.07) is 9.24. The van der Waals surface area contributed by atoms with Crippen LogP contribution in [0.2, 0.25) is 0 Å². The molecular formula is C8H11O3P. The van der Waals surface area contributed by atoms with E-state index in [1.54, 1.807) is 0 Å². The maximum Gasteiger partial charge on any atom is 0.192 e. The number of hydrogen-bond acceptors (Lipinski definition) is 2. The predicted molar refractivity (Wildman–Crippen MR) is 48.0 cm³/mol. The number of hydrogen-bond donors (Lipinski definition) is 1. The third kappa shape index (κ3) is 3.56. The fraction of sp³-hybridized carbons (Fsp3) is 0.250. The number of para-hydroxylation sites is 1. The molecule has 3 nitrogen and oxygen atoms in total. The Hall–Kier alpha value is -0.790. The average Bonchev–Trinajstić information content (AvgIpc) is 2.05. The van der Waals surface area contributed by atoms with Crippen molar-refractivity contribution in [1.82, 2.24) is 0 Å². The fourth-order valence-corrected chi connectivity index (χ4v) is 1.05. The van der Waals surface area contributed by atoms with Crippen LogP contribution in [0.3, 0.4) is 0 Å². The zero-order valence-corrected chi connectivity index (χ0v) is 7.56. The van der Waals surface area contributed by atoms with E-state index in [0.717, 1.165) is 5.75 Å². The van der Waals surface area contributed by atoms with Gasteiger partial charge in [-0.3, -0.25) is 4.57 Å². The molecule has 0 aliphatic carbocycles. The molecule has 0 aliphatic rings. The Morgan fingerprint density at radius 1 is 1.33 bits per heavy atom. The largest absolute Gasteiger partial charge is 0.493 e. The zero-order valence-electron chi connectivity index (χ0n) is 6.56. The highest BCUT2D eigenvalue weighted by atomic mass is 31.1. The minimum absolute atomic E-state index is 0.222. The van der Waals surface area contributed by atoms with E-state index in [0.29, 0.717) is 6.61 Å². The summed E-state index contributed by atoms with van der Waals surface area (Å²) in [7, 11) is -2.38.